The van der Waals surface area contributed by atoms with Crippen molar-refractivity contribution in [2.45, 2.75) is 12.5 Å². The second kappa shape index (κ2) is 5.40. The highest BCUT2D eigenvalue weighted by Crippen LogP contribution is 2.25. The Bertz CT molecular complexity index is 634. The van der Waals surface area contributed by atoms with Crippen LogP contribution in [0.3, 0.4) is 0 Å². The third-order valence-corrected chi connectivity index (χ3v) is 3.99. The predicted octanol–water partition coefficient (Wildman–Crippen LogP) is 1.83. The Kier molecular flexibility index (Phi) is 3.45. The highest BCUT2D eigenvalue weighted by atomic mass is 32.1. The molecule has 3 rings (SSSR count). The van der Waals surface area contributed by atoms with Gasteiger partial charge >= 0.3 is 0 Å². The normalized spacial score (nSPS) is 12.7. The summed E-state index contributed by atoms with van der Waals surface area (Å²) in [5.74, 6) is 5.63. The number of benzene rings is 1. The fourth-order valence-corrected chi connectivity index (χ4v) is 2.97. The summed E-state index contributed by atoms with van der Waals surface area (Å²) in [5.41, 5.74) is 4.85. The second-order valence-electron chi connectivity index (χ2n) is 4.17. The molecule has 0 fully saturated rings. The third kappa shape index (κ3) is 2.60. The van der Waals surface area contributed by atoms with Crippen molar-refractivity contribution in [2.24, 2.45) is 5.84 Å². The maximum absolute atomic E-state index is 5.63. The Balaban J connectivity index is 1.86. The van der Waals surface area contributed by atoms with Crippen molar-refractivity contribution < 1.29 is 0 Å². The van der Waals surface area contributed by atoms with Gasteiger partial charge in [-0.2, -0.15) is 10.2 Å². The van der Waals surface area contributed by atoms with Gasteiger partial charge in [0, 0.05) is 12.6 Å². The van der Waals surface area contributed by atoms with Crippen LogP contribution >= 0.6 is 11.3 Å². The first-order valence-electron chi connectivity index (χ1n) is 5.94. The van der Waals surface area contributed by atoms with E-state index in [4.69, 9.17) is 5.84 Å². The zero-order valence-electron chi connectivity index (χ0n) is 10.2. The fourth-order valence-electron chi connectivity index (χ4n) is 1.96. The molecule has 2 aromatic heterocycles. The van der Waals surface area contributed by atoms with Gasteiger partial charge in [-0.25, -0.2) is 4.98 Å². The number of fused-ring (bicyclic) bond motifs is 1. The molecule has 3 N–H and O–H groups in total. The number of nitrogens with one attached hydrogen (secondary N) is 1. The summed E-state index contributed by atoms with van der Waals surface area (Å²) < 4.78 is 1.20. The molecule has 0 saturated heterocycles. The summed E-state index contributed by atoms with van der Waals surface area (Å²) in [6.07, 6.45) is 4.12. The molecule has 1 atom stereocenters. The Morgan fingerprint density at radius 3 is 2.84 bits per heavy atom. The van der Waals surface area contributed by atoms with Crippen LogP contribution in [0.15, 0.2) is 42.7 Å². The van der Waals surface area contributed by atoms with Crippen LogP contribution in [-0.4, -0.2) is 15.2 Å². The van der Waals surface area contributed by atoms with E-state index in [-0.39, 0.29) is 6.04 Å². The largest absolute Gasteiger partial charge is 0.271 e. The maximum atomic E-state index is 5.63. The van der Waals surface area contributed by atoms with Crippen molar-refractivity contribution in [1.82, 2.24) is 20.6 Å². The maximum Gasteiger partial charge on any atom is 0.0958 e. The van der Waals surface area contributed by atoms with E-state index in [9.17, 15) is 0 Å². The van der Waals surface area contributed by atoms with E-state index in [2.05, 4.69) is 26.7 Å². The summed E-state index contributed by atoms with van der Waals surface area (Å²) in [5, 5.41) is 8.70. The number of hydrogen-bond acceptors (Lipinski definition) is 6. The molecule has 5 nitrogen and oxygen atoms in total. The van der Waals surface area contributed by atoms with Gasteiger partial charge in [-0.15, -0.1) is 11.3 Å². The zero-order chi connectivity index (χ0) is 13.1. The van der Waals surface area contributed by atoms with Gasteiger partial charge in [0.05, 0.1) is 27.5 Å². The molecule has 0 aliphatic rings. The molecule has 0 saturated carbocycles. The SMILES string of the molecule is NNC(Cc1nc2ccccc2s1)c1ccnnc1. The molecule has 0 aliphatic carbocycles. The molecule has 1 unspecified atom stereocenters. The number of para-hydroxylation sites is 1. The Morgan fingerprint density at radius 1 is 1.21 bits per heavy atom. The van der Waals surface area contributed by atoms with E-state index in [1.54, 1.807) is 23.7 Å². The van der Waals surface area contributed by atoms with Crippen LogP contribution in [0, 0.1) is 0 Å². The third-order valence-electron chi connectivity index (χ3n) is 2.93. The first kappa shape index (κ1) is 12.2. The predicted molar refractivity (Wildman–Crippen MR) is 75.4 cm³/mol. The molecule has 0 bridgehead atoms. The van der Waals surface area contributed by atoms with Gasteiger partial charge in [0.2, 0.25) is 0 Å². The number of thiazole rings is 1. The van der Waals surface area contributed by atoms with Crippen LogP contribution < -0.4 is 11.3 Å². The molecule has 0 spiro atoms. The smallest absolute Gasteiger partial charge is 0.0958 e. The van der Waals surface area contributed by atoms with E-state index in [1.807, 2.05) is 24.3 Å². The van der Waals surface area contributed by atoms with Gasteiger partial charge in [-0.3, -0.25) is 11.3 Å². The summed E-state index contributed by atoms with van der Waals surface area (Å²) in [7, 11) is 0. The minimum Gasteiger partial charge on any atom is -0.271 e. The molecule has 2 heterocycles. The second-order valence-corrected chi connectivity index (χ2v) is 5.29. The topological polar surface area (TPSA) is 76.7 Å². The number of aromatic nitrogens is 3. The molecule has 0 amide bonds. The molecular formula is C13H13N5S. The minimum atomic E-state index is -0.00365. The molecule has 1 aromatic carbocycles. The van der Waals surface area contributed by atoms with E-state index in [1.165, 1.54) is 4.70 Å². The van der Waals surface area contributed by atoms with E-state index < -0.39 is 0 Å². The summed E-state index contributed by atoms with van der Waals surface area (Å²) in [6.45, 7) is 0. The van der Waals surface area contributed by atoms with Crippen molar-refractivity contribution in [3.63, 3.8) is 0 Å². The van der Waals surface area contributed by atoms with Crippen molar-refractivity contribution in [3.8, 4) is 0 Å². The number of hydrazine groups is 1. The van der Waals surface area contributed by atoms with Crippen molar-refractivity contribution in [3.05, 3.63) is 53.3 Å². The van der Waals surface area contributed by atoms with Crippen LogP contribution in [0.1, 0.15) is 16.6 Å². The van der Waals surface area contributed by atoms with Gasteiger partial charge in [-0.1, -0.05) is 12.1 Å². The van der Waals surface area contributed by atoms with Crippen LogP contribution in [0.25, 0.3) is 10.2 Å². The van der Waals surface area contributed by atoms with Gasteiger partial charge in [0.25, 0.3) is 0 Å². The zero-order valence-corrected chi connectivity index (χ0v) is 11.0. The van der Waals surface area contributed by atoms with E-state index >= 15 is 0 Å². The van der Waals surface area contributed by atoms with Gasteiger partial charge in [0.15, 0.2) is 0 Å². The van der Waals surface area contributed by atoms with E-state index in [0.29, 0.717) is 0 Å². The molecule has 3 aromatic rings. The molecule has 0 radical (unpaired) electrons. The lowest BCUT2D eigenvalue weighted by Crippen LogP contribution is -2.29. The van der Waals surface area contributed by atoms with Crippen molar-refractivity contribution in [2.75, 3.05) is 0 Å². The standard InChI is InChI=1S/C13H13N5S/c14-18-11(9-5-6-15-16-8-9)7-13-17-10-3-1-2-4-12(10)19-13/h1-6,8,11,18H,7,14H2. The summed E-state index contributed by atoms with van der Waals surface area (Å²) in [4.78, 5) is 4.61. The molecule has 6 heteroatoms. The Morgan fingerprint density at radius 2 is 2.11 bits per heavy atom. The van der Waals surface area contributed by atoms with Crippen LogP contribution in [-0.2, 0) is 6.42 Å². The highest BCUT2D eigenvalue weighted by Gasteiger charge is 2.13. The number of hydrogen-bond donors (Lipinski definition) is 2. The minimum absolute atomic E-state index is 0.00365. The van der Waals surface area contributed by atoms with Crippen molar-refractivity contribution in [1.29, 1.82) is 0 Å². The van der Waals surface area contributed by atoms with E-state index in [0.717, 1.165) is 22.5 Å². The summed E-state index contributed by atoms with van der Waals surface area (Å²) in [6, 6.07) is 10.0. The lowest BCUT2D eigenvalue weighted by atomic mass is 10.1. The molecule has 96 valence electrons. The average Bonchev–Trinajstić information content (AvgIpc) is 2.88. The quantitative estimate of drug-likeness (QED) is 0.559. The van der Waals surface area contributed by atoms with Gasteiger partial charge < -0.3 is 0 Å². The lowest BCUT2D eigenvalue weighted by molar-refractivity contribution is 0.548. The molecular weight excluding hydrogens is 258 g/mol. The molecule has 19 heavy (non-hydrogen) atoms. The van der Waals surface area contributed by atoms with Gasteiger partial charge in [-0.05, 0) is 23.8 Å². The number of nitrogens with zero attached hydrogens (tertiary/aromatic N) is 3. The summed E-state index contributed by atoms with van der Waals surface area (Å²) >= 11 is 1.69. The monoisotopic (exact) mass is 271 g/mol. The Hall–Kier alpha value is -1.89. The lowest BCUT2D eigenvalue weighted by Gasteiger charge is -2.13. The number of rotatable bonds is 4. The van der Waals surface area contributed by atoms with Crippen LogP contribution in [0.5, 0.6) is 0 Å². The average molecular weight is 271 g/mol. The van der Waals surface area contributed by atoms with Crippen LogP contribution in [0.4, 0.5) is 0 Å². The highest BCUT2D eigenvalue weighted by molar-refractivity contribution is 7.18. The van der Waals surface area contributed by atoms with Crippen molar-refractivity contribution >= 4 is 21.6 Å². The Labute approximate surface area is 114 Å². The first-order chi connectivity index (χ1) is 9.36. The molecule has 0 aliphatic heterocycles. The van der Waals surface area contributed by atoms with Gasteiger partial charge in [0.1, 0.15) is 0 Å². The van der Waals surface area contributed by atoms with Crippen LogP contribution in [0.2, 0.25) is 0 Å². The fraction of sp³-hybridized carbons (Fsp3) is 0.154. The number of nitrogens with two attached hydrogens (primary N) is 1. The first-order valence-corrected chi connectivity index (χ1v) is 6.75.